The van der Waals surface area contributed by atoms with E-state index in [0.717, 1.165) is 51.1 Å². The fourth-order valence-corrected chi connectivity index (χ4v) is 5.84. The third kappa shape index (κ3) is 5.82. The van der Waals surface area contributed by atoms with E-state index in [1.165, 1.54) is 17.7 Å². The molecular weight excluding hydrogens is 370 g/mol. The normalized spacial score (nSPS) is 24.0. The number of aryl methyl sites for hydroxylation is 1. The Morgan fingerprint density at radius 2 is 1.54 bits per heavy atom. The molecule has 0 spiro atoms. The predicted molar refractivity (Wildman–Crippen MR) is 116 cm³/mol. The second-order valence-corrected chi connectivity index (χ2v) is 11.6. The van der Waals surface area contributed by atoms with Crippen molar-refractivity contribution in [2.45, 2.75) is 70.5 Å². The Morgan fingerprint density at radius 3 is 2.11 bits per heavy atom. The quantitative estimate of drug-likeness (QED) is 0.674. The first-order chi connectivity index (χ1) is 13.3. The van der Waals surface area contributed by atoms with Crippen LogP contribution in [0.3, 0.4) is 0 Å². The van der Waals surface area contributed by atoms with Crippen LogP contribution in [0.5, 0.6) is 0 Å². The Morgan fingerprint density at radius 1 is 0.964 bits per heavy atom. The number of benzene rings is 1. The van der Waals surface area contributed by atoms with E-state index >= 15 is 0 Å². The summed E-state index contributed by atoms with van der Waals surface area (Å²) >= 11 is 0. The molecule has 5 heteroatoms. The summed E-state index contributed by atoms with van der Waals surface area (Å²) in [5.74, 6) is 1.84. The smallest absolute Gasteiger partial charge is 0.152 e. The van der Waals surface area contributed by atoms with Gasteiger partial charge in [-0.2, -0.15) is 0 Å². The largest absolute Gasteiger partial charge is 0.371 e. The molecule has 3 rings (SSSR count). The summed E-state index contributed by atoms with van der Waals surface area (Å²) in [6.07, 6.45) is 8.08. The third-order valence-corrected chi connectivity index (χ3v) is 8.99. The Hall–Kier alpha value is -1.36. The minimum atomic E-state index is -2.91. The summed E-state index contributed by atoms with van der Waals surface area (Å²) in [4.78, 5) is 13.7. The molecule has 2 aliphatic rings. The van der Waals surface area contributed by atoms with Crippen molar-refractivity contribution in [1.82, 2.24) is 0 Å². The minimum Gasteiger partial charge on any atom is -0.371 e. The minimum absolute atomic E-state index is 0.251. The number of Topliss-reactive ketones (excluding diaryl/α,β-unsaturated/α-hetero) is 1. The Balaban J connectivity index is 1.41. The maximum Gasteiger partial charge on any atom is 0.152 e. The highest BCUT2D eigenvalue weighted by atomic mass is 32.2. The van der Waals surface area contributed by atoms with Crippen LogP contribution in [0, 0.1) is 11.8 Å². The van der Waals surface area contributed by atoms with Gasteiger partial charge in [-0.25, -0.2) is 8.42 Å². The van der Waals surface area contributed by atoms with Crippen LogP contribution in [0.15, 0.2) is 24.3 Å². The Kier molecular flexibility index (Phi) is 7.19. The summed E-state index contributed by atoms with van der Waals surface area (Å²) in [6, 6.07) is 8.84. The van der Waals surface area contributed by atoms with Crippen LogP contribution in [-0.2, 0) is 21.1 Å². The predicted octanol–water partition coefficient (Wildman–Crippen LogP) is 4.42. The van der Waals surface area contributed by atoms with Crippen molar-refractivity contribution >= 4 is 21.3 Å². The van der Waals surface area contributed by atoms with Gasteiger partial charge in [0.25, 0.3) is 0 Å². The monoisotopic (exact) mass is 405 g/mol. The van der Waals surface area contributed by atoms with E-state index in [9.17, 15) is 13.2 Å². The molecule has 2 fully saturated rings. The van der Waals surface area contributed by atoms with Crippen LogP contribution >= 0.6 is 0 Å². The number of rotatable bonds is 7. The van der Waals surface area contributed by atoms with Crippen LogP contribution in [0.4, 0.5) is 5.69 Å². The number of carbonyl (C=O) groups is 1. The standard InChI is InChI=1S/C23H35NO3S/c1-18(2)28(26,27)17-21-7-5-19(6-8-21)3-4-20-9-11-22(12-10-20)24-15-13-23(25)14-16-24/h9-12,18-19,21H,3-8,13-17H2,1-2H3. The van der Waals surface area contributed by atoms with Gasteiger partial charge in [0.15, 0.2) is 9.84 Å². The average Bonchev–Trinajstić information content (AvgIpc) is 2.68. The van der Waals surface area contributed by atoms with Crippen molar-refractivity contribution in [3.05, 3.63) is 29.8 Å². The molecule has 1 aliphatic heterocycles. The molecule has 0 unspecified atom stereocenters. The average molecular weight is 406 g/mol. The fourth-order valence-electron chi connectivity index (χ4n) is 4.47. The van der Waals surface area contributed by atoms with Gasteiger partial charge >= 0.3 is 0 Å². The maximum atomic E-state index is 12.1. The summed E-state index contributed by atoms with van der Waals surface area (Å²) in [6.45, 7) is 5.26. The number of sulfone groups is 1. The van der Waals surface area contributed by atoms with Crippen molar-refractivity contribution in [3.63, 3.8) is 0 Å². The first-order valence-corrected chi connectivity index (χ1v) is 12.6. The molecule has 0 aromatic heterocycles. The maximum absolute atomic E-state index is 12.1. The molecule has 0 N–H and O–H groups in total. The zero-order valence-electron chi connectivity index (χ0n) is 17.4. The van der Waals surface area contributed by atoms with E-state index < -0.39 is 9.84 Å². The second-order valence-electron chi connectivity index (χ2n) is 9.00. The number of anilines is 1. The number of nitrogens with zero attached hydrogens (tertiary/aromatic N) is 1. The fraction of sp³-hybridized carbons (Fsp3) is 0.696. The van der Waals surface area contributed by atoms with Crippen LogP contribution in [-0.4, -0.2) is 38.3 Å². The van der Waals surface area contributed by atoms with Gasteiger partial charge in [0.2, 0.25) is 0 Å². The van der Waals surface area contributed by atoms with Gasteiger partial charge in [0, 0.05) is 31.6 Å². The van der Waals surface area contributed by atoms with E-state index in [1.54, 1.807) is 13.8 Å². The van der Waals surface area contributed by atoms with Crippen LogP contribution < -0.4 is 4.90 Å². The molecule has 4 nitrogen and oxygen atoms in total. The lowest BCUT2D eigenvalue weighted by Crippen LogP contribution is -2.33. The van der Waals surface area contributed by atoms with Gasteiger partial charge in [0.1, 0.15) is 5.78 Å². The molecule has 0 amide bonds. The molecule has 1 saturated heterocycles. The van der Waals surface area contributed by atoms with Gasteiger partial charge in [-0.05, 0) is 69.1 Å². The molecule has 28 heavy (non-hydrogen) atoms. The van der Waals surface area contributed by atoms with Crippen LogP contribution in [0.2, 0.25) is 0 Å². The number of carbonyl (C=O) groups excluding carboxylic acids is 1. The van der Waals surface area contributed by atoms with Crippen molar-refractivity contribution in [1.29, 1.82) is 0 Å². The second kappa shape index (κ2) is 9.43. The molecule has 1 heterocycles. The highest BCUT2D eigenvalue weighted by Crippen LogP contribution is 2.33. The Labute approximate surface area is 170 Å². The van der Waals surface area contributed by atoms with E-state index in [0.29, 0.717) is 30.3 Å². The molecule has 156 valence electrons. The summed E-state index contributed by atoms with van der Waals surface area (Å²) in [7, 11) is -2.91. The topological polar surface area (TPSA) is 54.5 Å². The zero-order valence-corrected chi connectivity index (χ0v) is 18.2. The highest BCUT2D eigenvalue weighted by molar-refractivity contribution is 7.91. The molecule has 1 saturated carbocycles. The van der Waals surface area contributed by atoms with Crippen LogP contribution in [0.25, 0.3) is 0 Å². The van der Waals surface area contributed by atoms with Crippen molar-refractivity contribution in [2.24, 2.45) is 11.8 Å². The summed E-state index contributed by atoms with van der Waals surface area (Å²) in [5.41, 5.74) is 2.60. The lowest BCUT2D eigenvalue weighted by Gasteiger charge is -2.29. The van der Waals surface area contributed by atoms with Gasteiger partial charge in [0.05, 0.1) is 11.0 Å². The first kappa shape index (κ1) is 21.4. The molecule has 0 atom stereocenters. The van der Waals surface area contributed by atoms with E-state index in [1.807, 2.05) is 0 Å². The van der Waals surface area contributed by atoms with Gasteiger partial charge in [-0.1, -0.05) is 25.0 Å². The first-order valence-electron chi connectivity index (χ1n) is 10.9. The number of hydrogen-bond acceptors (Lipinski definition) is 4. The zero-order chi connectivity index (χ0) is 20.1. The molecule has 1 aliphatic carbocycles. The van der Waals surface area contributed by atoms with Crippen molar-refractivity contribution in [3.8, 4) is 0 Å². The Bertz CT molecular complexity index is 737. The highest BCUT2D eigenvalue weighted by Gasteiger charge is 2.27. The van der Waals surface area contributed by atoms with Gasteiger partial charge < -0.3 is 4.90 Å². The molecule has 1 aromatic rings. The summed E-state index contributed by atoms with van der Waals surface area (Å²) in [5, 5.41) is -0.251. The molecule has 0 radical (unpaired) electrons. The van der Waals surface area contributed by atoms with Gasteiger partial charge in [-0.3, -0.25) is 4.79 Å². The third-order valence-electron chi connectivity index (χ3n) is 6.62. The van der Waals surface area contributed by atoms with Crippen LogP contribution in [0.1, 0.15) is 64.4 Å². The lowest BCUT2D eigenvalue weighted by molar-refractivity contribution is -0.119. The van der Waals surface area contributed by atoms with E-state index in [-0.39, 0.29) is 5.25 Å². The molecule has 1 aromatic carbocycles. The lowest BCUT2D eigenvalue weighted by atomic mass is 9.80. The molecular formula is C23H35NO3S. The summed E-state index contributed by atoms with van der Waals surface area (Å²) < 4.78 is 24.3. The van der Waals surface area contributed by atoms with E-state index in [4.69, 9.17) is 0 Å². The van der Waals surface area contributed by atoms with E-state index in [2.05, 4.69) is 29.2 Å². The number of ketones is 1. The van der Waals surface area contributed by atoms with Crippen molar-refractivity contribution in [2.75, 3.05) is 23.7 Å². The number of piperidine rings is 1. The van der Waals surface area contributed by atoms with Gasteiger partial charge in [-0.15, -0.1) is 0 Å². The SMILES string of the molecule is CC(C)S(=O)(=O)CC1CCC(CCc2ccc(N3CCC(=O)CC3)cc2)CC1. The van der Waals surface area contributed by atoms with Crippen molar-refractivity contribution < 1.29 is 13.2 Å². The molecule has 0 bridgehead atoms. The number of hydrogen-bond donors (Lipinski definition) is 0.